The summed E-state index contributed by atoms with van der Waals surface area (Å²) in [5, 5.41) is 0. The molecule has 0 spiro atoms. The van der Waals surface area contributed by atoms with Crippen molar-refractivity contribution < 1.29 is 17.2 Å². The van der Waals surface area contributed by atoms with Crippen LogP contribution in [0.4, 0.5) is 8.78 Å². The fourth-order valence-electron chi connectivity index (χ4n) is 1.77. The molecule has 0 unspecified atom stereocenters. The fourth-order valence-corrected chi connectivity index (χ4v) is 2.91. The van der Waals surface area contributed by atoms with Gasteiger partial charge in [-0.2, -0.15) is 0 Å². The van der Waals surface area contributed by atoms with Crippen LogP contribution in [0.1, 0.15) is 11.1 Å². The van der Waals surface area contributed by atoms with Crippen LogP contribution in [0.2, 0.25) is 0 Å². The lowest BCUT2D eigenvalue weighted by Gasteiger charge is -2.09. The highest BCUT2D eigenvalue weighted by molar-refractivity contribution is 7.89. The second kappa shape index (κ2) is 6.30. The van der Waals surface area contributed by atoms with E-state index in [1.807, 2.05) is 0 Å². The van der Waals surface area contributed by atoms with Crippen molar-refractivity contribution in [1.29, 1.82) is 0 Å². The van der Waals surface area contributed by atoms with Crippen LogP contribution in [0.25, 0.3) is 0 Å². The maximum Gasteiger partial charge on any atom is 0.243 e. The van der Waals surface area contributed by atoms with Gasteiger partial charge in [0.15, 0.2) is 0 Å². The van der Waals surface area contributed by atoms with Crippen LogP contribution in [-0.4, -0.2) is 8.42 Å². The molecule has 4 nitrogen and oxygen atoms in total. The molecular formula is C14H14F2N2O2S. The molecule has 0 saturated carbocycles. The van der Waals surface area contributed by atoms with Gasteiger partial charge in [0.05, 0.1) is 0 Å². The molecule has 112 valence electrons. The number of benzene rings is 2. The minimum atomic E-state index is -4.09. The summed E-state index contributed by atoms with van der Waals surface area (Å²) in [6, 6.07) is 9.37. The highest BCUT2D eigenvalue weighted by Gasteiger charge is 2.19. The van der Waals surface area contributed by atoms with E-state index in [0.29, 0.717) is 5.56 Å². The molecule has 3 N–H and O–H groups in total. The van der Waals surface area contributed by atoms with Crippen LogP contribution < -0.4 is 10.5 Å². The number of nitrogens with one attached hydrogen (secondary N) is 1. The molecule has 0 aromatic heterocycles. The summed E-state index contributed by atoms with van der Waals surface area (Å²) < 4.78 is 53.5. The number of sulfonamides is 1. The molecule has 0 radical (unpaired) electrons. The first-order chi connectivity index (χ1) is 9.94. The summed E-state index contributed by atoms with van der Waals surface area (Å²) in [6.07, 6.45) is 0. The molecule has 0 amide bonds. The number of rotatable bonds is 5. The average molecular weight is 312 g/mol. The smallest absolute Gasteiger partial charge is 0.243 e. The molecule has 0 aliphatic rings. The van der Waals surface area contributed by atoms with E-state index in [4.69, 9.17) is 5.73 Å². The average Bonchev–Trinajstić information content (AvgIpc) is 2.47. The Morgan fingerprint density at radius 3 is 2.43 bits per heavy atom. The molecule has 0 aliphatic carbocycles. The van der Waals surface area contributed by atoms with Gasteiger partial charge in [-0.3, -0.25) is 0 Å². The van der Waals surface area contributed by atoms with E-state index in [1.165, 1.54) is 30.3 Å². The Labute approximate surface area is 121 Å². The van der Waals surface area contributed by atoms with Crippen molar-refractivity contribution in [1.82, 2.24) is 4.72 Å². The van der Waals surface area contributed by atoms with Crippen LogP contribution in [0.3, 0.4) is 0 Å². The SMILES string of the molecule is NCc1ccc(F)c(S(=O)(=O)NCc2ccccc2F)c1. The molecule has 0 fully saturated rings. The Hall–Kier alpha value is -1.83. The van der Waals surface area contributed by atoms with Crippen molar-refractivity contribution in [2.24, 2.45) is 5.73 Å². The lowest BCUT2D eigenvalue weighted by atomic mass is 10.2. The monoisotopic (exact) mass is 312 g/mol. The summed E-state index contributed by atoms with van der Waals surface area (Å²) in [5.74, 6) is -1.41. The van der Waals surface area contributed by atoms with Crippen LogP contribution in [-0.2, 0) is 23.1 Å². The Kier molecular flexibility index (Phi) is 4.66. The summed E-state index contributed by atoms with van der Waals surface area (Å²) in [4.78, 5) is -0.498. The minimum Gasteiger partial charge on any atom is -0.326 e. The number of hydrogen-bond acceptors (Lipinski definition) is 3. The fraction of sp³-hybridized carbons (Fsp3) is 0.143. The molecule has 0 atom stereocenters. The van der Waals surface area contributed by atoms with E-state index in [9.17, 15) is 17.2 Å². The zero-order valence-corrected chi connectivity index (χ0v) is 11.8. The van der Waals surface area contributed by atoms with E-state index >= 15 is 0 Å². The minimum absolute atomic E-state index is 0.0934. The Morgan fingerprint density at radius 1 is 1.05 bits per heavy atom. The molecule has 2 aromatic rings. The normalized spacial score (nSPS) is 11.6. The number of hydrogen-bond donors (Lipinski definition) is 2. The van der Waals surface area contributed by atoms with E-state index < -0.39 is 26.6 Å². The topological polar surface area (TPSA) is 72.2 Å². The second-order valence-electron chi connectivity index (χ2n) is 4.38. The number of nitrogens with two attached hydrogens (primary N) is 1. The molecule has 0 heterocycles. The number of halogens is 2. The zero-order valence-electron chi connectivity index (χ0n) is 11.0. The van der Waals surface area contributed by atoms with Crippen molar-refractivity contribution in [3.8, 4) is 0 Å². The maximum absolute atomic E-state index is 13.7. The summed E-state index contributed by atoms with van der Waals surface area (Å²) in [5.41, 5.74) is 6.08. The quantitative estimate of drug-likeness (QED) is 0.886. The molecular weight excluding hydrogens is 298 g/mol. The van der Waals surface area contributed by atoms with Gasteiger partial charge in [-0.05, 0) is 23.8 Å². The van der Waals surface area contributed by atoms with Gasteiger partial charge in [0.25, 0.3) is 0 Å². The van der Waals surface area contributed by atoms with Gasteiger partial charge in [0, 0.05) is 18.7 Å². The molecule has 21 heavy (non-hydrogen) atoms. The predicted octanol–water partition coefficient (Wildman–Crippen LogP) is 1.90. The molecule has 7 heteroatoms. The molecule has 0 aliphatic heterocycles. The molecule has 2 aromatic carbocycles. The van der Waals surface area contributed by atoms with Gasteiger partial charge in [-0.15, -0.1) is 0 Å². The van der Waals surface area contributed by atoms with Crippen LogP contribution in [0.15, 0.2) is 47.4 Å². The second-order valence-corrected chi connectivity index (χ2v) is 6.12. The van der Waals surface area contributed by atoms with Gasteiger partial charge in [-0.25, -0.2) is 21.9 Å². The zero-order chi connectivity index (χ0) is 15.5. The van der Waals surface area contributed by atoms with Gasteiger partial charge in [-0.1, -0.05) is 24.3 Å². The standard InChI is InChI=1S/C14H14F2N2O2S/c15-12-4-2-1-3-11(12)9-18-21(19,20)14-7-10(8-17)5-6-13(14)16/h1-7,18H,8-9,17H2. The first kappa shape index (κ1) is 15.6. The summed E-state index contributed by atoms with van der Waals surface area (Å²) in [7, 11) is -4.09. The summed E-state index contributed by atoms with van der Waals surface area (Å²) in [6.45, 7) is -0.169. The van der Waals surface area contributed by atoms with E-state index in [-0.39, 0.29) is 18.7 Å². The predicted molar refractivity (Wildman–Crippen MR) is 74.7 cm³/mol. The lowest BCUT2D eigenvalue weighted by molar-refractivity contribution is 0.553. The van der Waals surface area contributed by atoms with Crippen LogP contribution >= 0.6 is 0 Å². The highest BCUT2D eigenvalue weighted by Crippen LogP contribution is 2.17. The van der Waals surface area contributed by atoms with Crippen LogP contribution in [0.5, 0.6) is 0 Å². The third-order valence-corrected chi connectivity index (χ3v) is 4.35. The van der Waals surface area contributed by atoms with E-state index in [2.05, 4.69) is 4.72 Å². The van der Waals surface area contributed by atoms with Gasteiger partial charge in [0.2, 0.25) is 10.0 Å². The third kappa shape index (κ3) is 3.63. The maximum atomic E-state index is 13.7. The first-order valence-corrected chi connectivity index (χ1v) is 7.64. The first-order valence-electron chi connectivity index (χ1n) is 6.15. The molecule has 0 bridgehead atoms. The van der Waals surface area contributed by atoms with E-state index in [1.54, 1.807) is 6.07 Å². The van der Waals surface area contributed by atoms with Crippen molar-refractivity contribution >= 4 is 10.0 Å². The van der Waals surface area contributed by atoms with Gasteiger partial charge < -0.3 is 5.73 Å². The molecule has 0 saturated heterocycles. The lowest BCUT2D eigenvalue weighted by Crippen LogP contribution is -2.25. The summed E-state index contributed by atoms with van der Waals surface area (Å²) >= 11 is 0. The van der Waals surface area contributed by atoms with Gasteiger partial charge >= 0.3 is 0 Å². The molecule has 2 rings (SSSR count). The van der Waals surface area contributed by atoms with Crippen molar-refractivity contribution in [3.63, 3.8) is 0 Å². The highest BCUT2D eigenvalue weighted by atomic mass is 32.2. The van der Waals surface area contributed by atoms with Crippen molar-refractivity contribution in [2.45, 2.75) is 18.0 Å². The Balaban J connectivity index is 2.25. The Morgan fingerprint density at radius 2 is 1.76 bits per heavy atom. The van der Waals surface area contributed by atoms with E-state index in [0.717, 1.165) is 6.07 Å². The largest absolute Gasteiger partial charge is 0.326 e. The van der Waals surface area contributed by atoms with Crippen molar-refractivity contribution in [2.75, 3.05) is 0 Å². The van der Waals surface area contributed by atoms with Crippen molar-refractivity contribution in [3.05, 3.63) is 65.2 Å². The third-order valence-electron chi connectivity index (χ3n) is 2.93. The van der Waals surface area contributed by atoms with Gasteiger partial charge in [0.1, 0.15) is 16.5 Å². The van der Waals surface area contributed by atoms with Crippen LogP contribution in [0, 0.1) is 11.6 Å². The Bertz CT molecular complexity index is 748.